The van der Waals surface area contributed by atoms with E-state index < -0.39 is 11.4 Å². The van der Waals surface area contributed by atoms with Crippen molar-refractivity contribution < 1.29 is 23.8 Å². The van der Waals surface area contributed by atoms with E-state index in [2.05, 4.69) is 5.32 Å². The fraction of sp³-hybridized carbons (Fsp3) is 0.368. The highest BCUT2D eigenvalue weighted by Gasteiger charge is 2.41. The van der Waals surface area contributed by atoms with Gasteiger partial charge in [0, 0.05) is 18.2 Å². The van der Waals surface area contributed by atoms with Crippen molar-refractivity contribution in [3.8, 4) is 0 Å². The number of carbonyl (C=O) groups is 2. The van der Waals surface area contributed by atoms with Crippen LogP contribution in [0.4, 0.5) is 0 Å². The van der Waals surface area contributed by atoms with Crippen LogP contribution in [0.5, 0.6) is 0 Å². The molecule has 1 aromatic carbocycles. The highest BCUT2D eigenvalue weighted by Crippen LogP contribution is 2.36. The zero-order valence-corrected chi connectivity index (χ0v) is 15.1. The summed E-state index contributed by atoms with van der Waals surface area (Å²) in [6.07, 6.45) is 1.10. The Bertz CT molecular complexity index is 823. The summed E-state index contributed by atoms with van der Waals surface area (Å²) in [6.45, 7) is 2.68. The lowest BCUT2D eigenvalue weighted by Gasteiger charge is -2.36. The van der Waals surface area contributed by atoms with Crippen LogP contribution in [-0.4, -0.2) is 30.2 Å². The van der Waals surface area contributed by atoms with E-state index >= 15 is 0 Å². The van der Waals surface area contributed by atoms with Crippen LogP contribution in [0.3, 0.4) is 0 Å². The Labute approximate surface area is 156 Å². The topological polar surface area (TPSA) is 88.8 Å². The molecule has 1 aliphatic rings. The Balaban J connectivity index is 1.80. The lowest BCUT2D eigenvalue weighted by atomic mass is 9.73. The number of ether oxygens (including phenoxy) is 1. The van der Waals surface area contributed by atoms with Crippen molar-refractivity contribution in [1.29, 1.82) is 0 Å². The SMILES string of the molecule is Cc1oc(CNC(=O)C2(c3cccc(Cl)c3)CCOCC2)cc1C(=O)O. The number of furan rings is 1. The van der Waals surface area contributed by atoms with Crippen molar-refractivity contribution in [2.24, 2.45) is 0 Å². The van der Waals surface area contributed by atoms with E-state index in [4.69, 9.17) is 25.9 Å². The average molecular weight is 378 g/mol. The fourth-order valence-electron chi connectivity index (χ4n) is 3.33. The molecule has 7 heteroatoms. The van der Waals surface area contributed by atoms with Gasteiger partial charge in [0.05, 0.1) is 12.0 Å². The first-order chi connectivity index (χ1) is 12.4. The normalized spacial score (nSPS) is 16.2. The summed E-state index contributed by atoms with van der Waals surface area (Å²) in [5.74, 6) is -0.475. The van der Waals surface area contributed by atoms with Crippen molar-refractivity contribution in [3.63, 3.8) is 0 Å². The van der Waals surface area contributed by atoms with Crippen LogP contribution in [0.2, 0.25) is 5.02 Å². The molecule has 26 heavy (non-hydrogen) atoms. The summed E-state index contributed by atoms with van der Waals surface area (Å²) in [6, 6.07) is 8.75. The highest BCUT2D eigenvalue weighted by molar-refractivity contribution is 6.30. The predicted octanol–water partition coefficient (Wildman–Crippen LogP) is 3.30. The van der Waals surface area contributed by atoms with E-state index in [0.29, 0.717) is 42.6 Å². The van der Waals surface area contributed by atoms with Gasteiger partial charge in [-0.2, -0.15) is 0 Å². The number of rotatable bonds is 5. The molecular formula is C19H20ClNO5. The third kappa shape index (κ3) is 3.61. The monoisotopic (exact) mass is 377 g/mol. The Kier molecular flexibility index (Phi) is 5.34. The summed E-state index contributed by atoms with van der Waals surface area (Å²) < 4.78 is 10.9. The number of amides is 1. The first-order valence-corrected chi connectivity index (χ1v) is 8.75. The number of nitrogens with one attached hydrogen (secondary N) is 1. The number of carboxylic acids is 1. The lowest BCUT2D eigenvalue weighted by Crippen LogP contribution is -2.47. The Morgan fingerprint density at radius 3 is 2.62 bits per heavy atom. The minimum absolute atomic E-state index is 0.102. The van der Waals surface area contributed by atoms with Gasteiger partial charge in [-0.1, -0.05) is 23.7 Å². The maximum atomic E-state index is 13.1. The van der Waals surface area contributed by atoms with E-state index in [1.165, 1.54) is 6.07 Å². The Morgan fingerprint density at radius 2 is 2.00 bits per heavy atom. The Hall–Kier alpha value is -2.31. The molecule has 138 valence electrons. The van der Waals surface area contributed by atoms with E-state index in [0.717, 1.165) is 5.56 Å². The summed E-state index contributed by atoms with van der Waals surface area (Å²) in [4.78, 5) is 24.2. The molecule has 0 bridgehead atoms. The van der Waals surface area contributed by atoms with Crippen molar-refractivity contribution in [2.75, 3.05) is 13.2 Å². The zero-order chi connectivity index (χ0) is 18.7. The second-order valence-corrected chi connectivity index (χ2v) is 6.81. The fourth-order valence-corrected chi connectivity index (χ4v) is 3.52. The number of hydrogen-bond acceptors (Lipinski definition) is 4. The first-order valence-electron chi connectivity index (χ1n) is 8.37. The van der Waals surface area contributed by atoms with Gasteiger partial charge in [-0.05, 0) is 43.5 Å². The molecule has 0 atom stereocenters. The van der Waals surface area contributed by atoms with Gasteiger partial charge in [0.25, 0.3) is 0 Å². The Morgan fingerprint density at radius 1 is 1.27 bits per heavy atom. The molecular weight excluding hydrogens is 358 g/mol. The maximum Gasteiger partial charge on any atom is 0.339 e. The minimum Gasteiger partial charge on any atom is -0.478 e. The number of benzene rings is 1. The summed E-state index contributed by atoms with van der Waals surface area (Å²) >= 11 is 6.12. The van der Waals surface area contributed by atoms with Gasteiger partial charge in [-0.15, -0.1) is 0 Å². The average Bonchev–Trinajstić information content (AvgIpc) is 3.01. The van der Waals surface area contributed by atoms with Crippen LogP contribution in [0, 0.1) is 6.92 Å². The molecule has 1 saturated heterocycles. The van der Waals surface area contributed by atoms with E-state index in [1.54, 1.807) is 13.0 Å². The molecule has 2 heterocycles. The summed E-state index contributed by atoms with van der Waals surface area (Å²) in [5, 5.41) is 12.6. The van der Waals surface area contributed by atoms with Crippen molar-refractivity contribution >= 4 is 23.5 Å². The van der Waals surface area contributed by atoms with E-state index in [-0.39, 0.29) is 18.0 Å². The van der Waals surface area contributed by atoms with Crippen LogP contribution in [0.1, 0.15) is 40.3 Å². The van der Waals surface area contributed by atoms with Crippen LogP contribution < -0.4 is 5.32 Å². The maximum absolute atomic E-state index is 13.1. The number of hydrogen-bond donors (Lipinski definition) is 2. The smallest absolute Gasteiger partial charge is 0.339 e. The lowest BCUT2D eigenvalue weighted by molar-refractivity contribution is -0.130. The first kappa shape index (κ1) is 18.5. The van der Waals surface area contributed by atoms with Gasteiger partial charge >= 0.3 is 5.97 Å². The van der Waals surface area contributed by atoms with Crippen molar-refractivity contribution in [1.82, 2.24) is 5.32 Å². The number of carbonyl (C=O) groups excluding carboxylic acids is 1. The number of aryl methyl sites for hydroxylation is 1. The molecule has 3 rings (SSSR count). The van der Waals surface area contributed by atoms with Gasteiger partial charge < -0.3 is 19.6 Å². The number of halogens is 1. The van der Waals surface area contributed by atoms with E-state index in [9.17, 15) is 9.59 Å². The molecule has 2 aromatic rings. The largest absolute Gasteiger partial charge is 0.478 e. The molecule has 0 spiro atoms. The molecule has 1 aromatic heterocycles. The van der Waals surface area contributed by atoms with Crippen LogP contribution in [0.25, 0.3) is 0 Å². The molecule has 1 amide bonds. The third-order valence-corrected chi connectivity index (χ3v) is 5.02. The molecule has 6 nitrogen and oxygen atoms in total. The molecule has 0 radical (unpaired) electrons. The third-order valence-electron chi connectivity index (χ3n) is 4.78. The highest BCUT2D eigenvalue weighted by atomic mass is 35.5. The second-order valence-electron chi connectivity index (χ2n) is 6.38. The van der Waals surface area contributed by atoms with Gasteiger partial charge in [0.2, 0.25) is 5.91 Å². The van der Waals surface area contributed by atoms with Gasteiger partial charge in [-0.3, -0.25) is 4.79 Å². The molecule has 2 N–H and O–H groups in total. The van der Waals surface area contributed by atoms with Crippen LogP contribution in [-0.2, 0) is 21.5 Å². The molecule has 1 aliphatic heterocycles. The molecule has 0 unspecified atom stereocenters. The van der Waals surface area contributed by atoms with Crippen molar-refractivity contribution in [2.45, 2.75) is 31.7 Å². The van der Waals surface area contributed by atoms with Gasteiger partial charge in [0.15, 0.2) is 0 Å². The summed E-state index contributed by atoms with van der Waals surface area (Å²) in [5.41, 5.74) is 0.234. The minimum atomic E-state index is -1.05. The number of aromatic carboxylic acids is 1. The van der Waals surface area contributed by atoms with Crippen LogP contribution in [0.15, 0.2) is 34.7 Å². The standard InChI is InChI=1S/C19H20ClNO5/c1-12-16(17(22)23)10-15(26-12)11-21-18(24)19(5-7-25-8-6-19)13-3-2-4-14(20)9-13/h2-4,9-10H,5-8,11H2,1H3,(H,21,24)(H,22,23). The van der Waals surface area contributed by atoms with Crippen LogP contribution >= 0.6 is 11.6 Å². The predicted molar refractivity (Wildman–Crippen MR) is 95.4 cm³/mol. The molecule has 0 aliphatic carbocycles. The van der Waals surface area contributed by atoms with E-state index in [1.807, 2.05) is 18.2 Å². The zero-order valence-electron chi connectivity index (χ0n) is 14.4. The molecule has 0 saturated carbocycles. The van der Waals surface area contributed by atoms with Gasteiger partial charge in [0.1, 0.15) is 17.1 Å². The summed E-state index contributed by atoms with van der Waals surface area (Å²) in [7, 11) is 0. The van der Waals surface area contributed by atoms with Gasteiger partial charge in [-0.25, -0.2) is 4.79 Å². The van der Waals surface area contributed by atoms with Crippen molar-refractivity contribution in [3.05, 3.63) is 58.0 Å². The second kappa shape index (κ2) is 7.51. The number of carboxylic acid groups (broad SMARTS) is 1. The quantitative estimate of drug-likeness (QED) is 0.834. The molecule has 1 fully saturated rings.